The molecule has 0 radical (unpaired) electrons. The molecule has 0 aliphatic carbocycles. The first-order chi connectivity index (χ1) is 10.9. The molecule has 0 bridgehead atoms. The number of rotatable bonds is 3. The topological polar surface area (TPSA) is 64.6 Å². The molecule has 5 nitrogen and oxygen atoms in total. The Morgan fingerprint density at radius 2 is 1.70 bits per heavy atom. The van der Waals surface area contributed by atoms with E-state index >= 15 is 0 Å². The largest absolute Gasteiger partial charge is 0.490 e. The van der Waals surface area contributed by atoms with Crippen LogP contribution in [0.1, 0.15) is 6.42 Å². The van der Waals surface area contributed by atoms with Crippen molar-refractivity contribution in [3.05, 3.63) is 31.9 Å². The molecule has 3 rings (SSSR count). The SMILES string of the molecule is O=S(=O)(Nc1cc2c(cc1Cl)OCCCO2)c1cc(Cl)sc1Cl. The van der Waals surface area contributed by atoms with Gasteiger partial charge in [0.15, 0.2) is 11.5 Å². The number of fused-ring (bicyclic) bond motifs is 1. The average Bonchev–Trinajstić information content (AvgIpc) is 2.68. The number of ether oxygens (including phenoxy) is 2. The van der Waals surface area contributed by atoms with Crippen LogP contribution in [0.4, 0.5) is 5.69 Å². The third-order valence-electron chi connectivity index (χ3n) is 3.00. The highest BCUT2D eigenvalue weighted by molar-refractivity contribution is 7.93. The highest BCUT2D eigenvalue weighted by Crippen LogP contribution is 2.40. The van der Waals surface area contributed by atoms with Gasteiger partial charge in [0, 0.05) is 18.6 Å². The van der Waals surface area contributed by atoms with E-state index in [0.717, 1.165) is 17.8 Å². The summed E-state index contributed by atoms with van der Waals surface area (Å²) in [6.07, 6.45) is 0.733. The van der Waals surface area contributed by atoms with Gasteiger partial charge in [0.05, 0.1) is 28.3 Å². The van der Waals surface area contributed by atoms with Crippen LogP contribution in [0, 0.1) is 0 Å². The summed E-state index contributed by atoms with van der Waals surface area (Å²) >= 11 is 18.8. The van der Waals surface area contributed by atoms with Crippen LogP contribution in [0.2, 0.25) is 13.7 Å². The molecule has 2 aromatic rings. The second-order valence-electron chi connectivity index (χ2n) is 4.62. The fourth-order valence-electron chi connectivity index (χ4n) is 1.97. The molecule has 0 amide bonds. The lowest BCUT2D eigenvalue weighted by atomic mass is 10.3. The van der Waals surface area contributed by atoms with Crippen LogP contribution in [0.25, 0.3) is 0 Å². The Morgan fingerprint density at radius 3 is 2.30 bits per heavy atom. The van der Waals surface area contributed by atoms with E-state index in [1.807, 2.05) is 0 Å². The fraction of sp³-hybridized carbons (Fsp3) is 0.231. The number of benzene rings is 1. The Bertz CT molecular complexity index is 851. The van der Waals surface area contributed by atoms with E-state index in [-0.39, 0.29) is 24.3 Å². The van der Waals surface area contributed by atoms with Crippen molar-refractivity contribution >= 4 is 61.9 Å². The van der Waals surface area contributed by atoms with E-state index in [1.54, 1.807) is 0 Å². The Labute approximate surface area is 152 Å². The number of hydrogen-bond acceptors (Lipinski definition) is 5. The molecular weight excluding hydrogens is 405 g/mol. The van der Waals surface area contributed by atoms with Crippen LogP contribution < -0.4 is 14.2 Å². The minimum Gasteiger partial charge on any atom is -0.490 e. The summed E-state index contributed by atoms with van der Waals surface area (Å²) in [7, 11) is -3.92. The van der Waals surface area contributed by atoms with Crippen molar-refractivity contribution in [2.45, 2.75) is 11.3 Å². The highest BCUT2D eigenvalue weighted by atomic mass is 35.5. The molecular formula is C13H10Cl3NO4S2. The average molecular weight is 415 g/mol. The van der Waals surface area contributed by atoms with Crippen LogP contribution in [0.15, 0.2) is 23.1 Å². The third-order valence-corrected chi connectivity index (χ3v) is 6.43. The molecule has 1 N–H and O–H groups in total. The third kappa shape index (κ3) is 3.64. The molecule has 0 saturated carbocycles. The Kier molecular flexibility index (Phi) is 4.85. The highest BCUT2D eigenvalue weighted by Gasteiger charge is 2.23. The predicted octanol–water partition coefficient (Wildman–Crippen LogP) is 4.67. The van der Waals surface area contributed by atoms with Crippen molar-refractivity contribution < 1.29 is 17.9 Å². The van der Waals surface area contributed by atoms with Crippen LogP contribution >= 0.6 is 46.1 Å². The van der Waals surface area contributed by atoms with Gasteiger partial charge < -0.3 is 9.47 Å². The number of thiophene rings is 1. The molecule has 0 saturated heterocycles. The smallest absolute Gasteiger partial charge is 0.264 e. The van der Waals surface area contributed by atoms with Gasteiger partial charge in [-0.15, -0.1) is 11.3 Å². The lowest BCUT2D eigenvalue weighted by molar-refractivity contribution is 0.297. The van der Waals surface area contributed by atoms with Gasteiger partial charge in [-0.05, 0) is 6.07 Å². The molecule has 0 unspecified atom stereocenters. The number of nitrogens with one attached hydrogen (secondary N) is 1. The Balaban J connectivity index is 1.96. The van der Waals surface area contributed by atoms with Gasteiger partial charge in [0.2, 0.25) is 0 Å². The first-order valence-corrected chi connectivity index (χ1v) is 9.87. The fourth-order valence-corrected chi connectivity index (χ4v) is 5.45. The second-order valence-corrected chi connectivity index (χ2v) is 8.97. The van der Waals surface area contributed by atoms with Gasteiger partial charge in [-0.3, -0.25) is 4.72 Å². The van der Waals surface area contributed by atoms with Gasteiger partial charge >= 0.3 is 0 Å². The van der Waals surface area contributed by atoms with Gasteiger partial charge in [-0.25, -0.2) is 8.42 Å². The molecule has 10 heteroatoms. The molecule has 0 atom stereocenters. The molecule has 0 spiro atoms. The minimum atomic E-state index is -3.92. The quantitative estimate of drug-likeness (QED) is 0.792. The lowest BCUT2D eigenvalue weighted by Gasteiger charge is -2.13. The van der Waals surface area contributed by atoms with Gasteiger partial charge in [0.1, 0.15) is 9.23 Å². The van der Waals surface area contributed by atoms with Crippen LogP contribution in [0.3, 0.4) is 0 Å². The molecule has 23 heavy (non-hydrogen) atoms. The Morgan fingerprint density at radius 1 is 1.04 bits per heavy atom. The van der Waals surface area contributed by atoms with Crippen molar-refractivity contribution in [3.8, 4) is 11.5 Å². The first-order valence-electron chi connectivity index (χ1n) is 6.43. The van der Waals surface area contributed by atoms with Crippen LogP contribution in [-0.2, 0) is 10.0 Å². The zero-order valence-corrected chi connectivity index (χ0v) is 15.3. The van der Waals surface area contributed by atoms with Gasteiger partial charge in [0.25, 0.3) is 10.0 Å². The van der Waals surface area contributed by atoms with Crippen molar-refractivity contribution in [3.63, 3.8) is 0 Å². The minimum absolute atomic E-state index is 0.0768. The van der Waals surface area contributed by atoms with Crippen molar-refractivity contribution in [1.82, 2.24) is 0 Å². The van der Waals surface area contributed by atoms with Crippen LogP contribution in [0.5, 0.6) is 11.5 Å². The summed E-state index contributed by atoms with van der Waals surface area (Å²) in [6.45, 7) is 0.990. The molecule has 124 valence electrons. The maximum atomic E-state index is 12.4. The summed E-state index contributed by atoms with van der Waals surface area (Å²) in [6, 6.07) is 4.29. The second kappa shape index (κ2) is 6.57. The van der Waals surface area contributed by atoms with Crippen LogP contribution in [-0.4, -0.2) is 21.6 Å². The molecule has 1 aliphatic rings. The van der Waals surface area contributed by atoms with E-state index in [2.05, 4.69) is 4.72 Å². The number of hydrogen-bond donors (Lipinski definition) is 1. The number of halogens is 3. The maximum absolute atomic E-state index is 12.4. The molecule has 2 heterocycles. The summed E-state index contributed by atoms with van der Waals surface area (Å²) in [4.78, 5) is -0.0997. The summed E-state index contributed by atoms with van der Waals surface area (Å²) in [5.41, 5.74) is 0.175. The van der Waals surface area contributed by atoms with E-state index in [4.69, 9.17) is 44.3 Å². The summed E-state index contributed by atoms with van der Waals surface area (Å²) < 4.78 is 38.7. The van der Waals surface area contributed by atoms with Crippen molar-refractivity contribution in [2.75, 3.05) is 17.9 Å². The number of sulfonamides is 1. The van der Waals surface area contributed by atoms with Gasteiger partial charge in [-0.2, -0.15) is 0 Å². The zero-order valence-electron chi connectivity index (χ0n) is 11.4. The lowest BCUT2D eigenvalue weighted by Crippen LogP contribution is -2.13. The zero-order chi connectivity index (χ0) is 16.6. The summed E-state index contributed by atoms with van der Waals surface area (Å²) in [5.74, 6) is 0.908. The molecule has 0 fully saturated rings. The molecule has 1 aromatic carbocycles. The van der Waals surface area contributed by atoms with E-state index < -0.39 is 10.0 Å². The van der Waals surface area contributed by atoms with Gasteiger partial charge in [-0.1, -0.05) is 34.8 Å². The first kappa shape index (κ1) is 17.0. The van der Waals surface area contributed by atoms with E-state index in [9.17, 15) is 8.42 Å². The van der Waals surface area contributed by atoms with Crippen molar-refractivity contribution in [2.24, 2.45) is 0 Å². The normalized spacial score (nSPS) is 14.4. The predicted molar refractivity (Wildman–Crippen MR) is 92.2 cm³/mol. The maximum Gasteiger partial charge on any atom is 0.264 e. The monoisotopic (exact) mass is 413 g/mol. The standard InChI is InChI=1S/C13H10Cl3NO4S2/c14-7-4-9-10(21-3-1-2-20-9)5-8(7)17-23(18,19)11-6-12(15)22-13(11)16/h4-6,17H,1-3H2. The Hall–Kier alpha value is -0.860. The molecule has 1 aromatic heterocycles. The number of anilines is 1. The van der Waals surface area contributed by atoms with E-state index in [1.165, 1.54) is 18.2 Å². The molecule has 1 aliphatic heterocycles. The summed E-state index contributed by atoms with van der Waals surface area (Å²) in [5, 5.41) is 0.190. The van der Waals surface area contributed by atoms with Crippen molar-refractivity contribution in [1.29, 1.82) is 0 Å². The van der Waals surface area contributed by atoms with E-state index in [0.29, 0.717) is 24.7 Å².